The highest BCUT2D eigenvalue weighted by Gasteiger charge is 2.26. The number of nitrogens with zero attached hydrogens (tertiary/aromatic N) is 1. The van der Waals surface area contributed by atoms with Crippen LogP contribution in [-0.2, 0) is 4.84 Å². The second kappa shape index (κ2) is 7.08. The van der Waals surface area contributed by atoms with Crippen LogP contribution in [0.4, 0.5) is 0 Å². The maximum absolute atomic E-state index is 5.72. The van der Waals surface area contributed by atoms with E-state index in [4.69, 9.17) is 4.84 Å². The van der Waals surface area contributed by atoms with Gasteiger partial charge in [0.1, 0.15) is 5.60 Å². The van der Waals surface area contributed by atoms with Crippen molar-refractivity contribution < 1.29 is 4.84 Å². The van der Waals surface area contributed by atoms with E-state index in [2.05, 4.69) is 41.8 Å². The van der Waals surface area contributed by atoms with Crippen LogP contribution in [0.15, 0.2) is 35.5 Å². The molecule has 0 unspecified atom stereocenters. The normalized spacial score (nSPS) is 23.9. The fourth-order valence-electron chi connectivity index (χ4n) is 2.81. The van der Waals surface area contributed by atoms with Crippen LogP contribution in [0.3, 0.4) is 0 Å². The van der Waals surface area contributed by atoms with Crippen molar-refractivity contribution in [2.24, 2.45) is 11.1 Å². The Morgan fingerprint density at radius 2 is 1.71 bits per heavy atom. The Hall–Kier alpha value is -1.35. The van der Waals surface area contributed by atoms with Crippen LogP contribution in [0, 0.1) is 5.92 Å². The summed E-state index contributed by atoms with van der Waals surface area (Å²) in [6.45, 7) is 6.12. The second-order valence-electron chi connectivity index (χ2n) is 6.88. The smallest absolute Gasteiger partial charge is 0.129 e. The molecule has 3 nitrogen and oxygen atoms in total. The number of benzene rings is 1. The third kappa shape index (κ3) is 4.85. The SMILES string of the molecule is CNC1CCC(/C(=N\OC(C)(C)C)c2ccccc2)CC1. The van der Waals surface area contributed by atoms with Crippen LogP contribution in [0.2, 0.25) is 0 Å². The predicted octanol–water partition coefficient (Wildman–Crippen LogP) is 3.98. The summed E-state index contributed by atoms with van der Waals surface area (Å²) < 4.78 is 0. The fraction of sp³-hybridized carbons (Fsp3) is 0.611. The van der Waals surface area contributed by atoms with E-state index in [0.717, 1.165) is 5.71 Å². The summed E-state index contributed by atoms with van der Waals surface area (Å²) in [7, 11) is 2.06. The van der Waals surface area contributed by atoms with Gasteiger partial charge in [-0.25, -0.2) is 0 Å². The zero-order chi connectivity index (χ0) is 15.3. The number of oxime groups is 1. The van der Waals surface area contributed by atoms with E-state index in [1.807, 2.05) is 26.8 Å². The van der Waals surface area contributed by atoms with Crippen molar-refractivity contribution in [2.75, 3.05) is 7.05 Å². The number of nitrogens with one attached hydrogen (secondary N) is 1. The van der Waals surface area contributed by atoms with Gasteiger partial charge in [0.25, 0.3) is 0 Å². The first-order valence-corrected chi connectivity index (χ1v) is 7.98. The minimum absolute atomic E-state index is 0.248. The third-order valence-electron chi connectivity index (χ3n) is 4.01. The van der Waals surface area contributed by atoms with Crippen LogP contribution in [0.1, 0.15) is 52.0 Å². The summed E-state index contributed by atoms with van der Waals surface area (Å²) in [6.07, 6.45) is 4.77. The molecule has 1 aromatic rings. The quantitative estimate of drug-likeness (QED) is 0.671. The van der Waals surface area contributed by atoms with Crippen LogP contribution >= 0.6 is 0 Å². The molecular formula is C18H28N2O. The molecule has 116 valence electrons. The lowest BCUT2D eigenvalue weighted by atomic mass is 9.81. The summed E-state index contributed by atoms with van der Waals surface area (Å²) in [6, 6.07) is 11.1. The first kappa shape index (κ1) is 16.0. The molecule has 0 bridgehead atoms. The maximum Gasteiger partial charge on any atom is 0.129 e. The number of hydrogen-bond donors (Lipinski definition) is 1. The van der Waals surface area contributed by atoms with E-state index < -0.39 is 0 Å². The number of rotatable bonds is 4. The zero-order valence-electron chi connectivity index (χ0n) is 13.7. The van der Waals surface area contributed by atoms with Crippen LogP contribution in [0.5, 0.6) is 0 Å². The highest BCUT2D eigenvalue weighted by molar-refractivity contribution is 6.01. The van der Waals surface area contributed by atoms with Gasteiger partial charge in [0, 0.05) is 12.0 Å². The number of hydrogen-bond acceptors (Lipinski definition) is 3. The van der Waals surface area contributed by atoms with Gasteiger partial charge in [-0.15, -0.1) is 0 Å². The van der Waals surface area contributed by atoms with Gasteiger partial charge < -0.3 is 10.2 Å². The molecule has 0 aromatic heterocycles. The van der Waals surface area contributed by atoms with Crippen molar-refractivity contribution >= 4 is 5.71 Å². The third-order valence-corrected chi connectivity index (χ3v) is 4.01. The van der Waals surface area contributed by atoms with Crippen molar-refractivity contribution in [2.45, 2.75) is 58.1 Å². The molecule has 3 heteroatoms. The standard InChI is InChI=1S/C18H28N2O/c1-18(2,3)21-20-17(14-8-6-5-7-9-14)15-10-12-16(19-4)13-11-15/h5-9,15-16,19H,10-13H2,1-4H3/b20-17-. The molecule has 0 atom stereocenters. The maximum atomic E-state index is 5.72. The van der Waals surface area contributed by atoms with Gasteiger partial charge in [0.2, 0.25) is 0 Å². The van der Waals surface area contributed by atoms with Crippen molar-refractivity contribution in [3.8, 4) is 0 Å². The van der Waals surface area contributed by atoms with E-state index in [-0.39, 0.29) is 5.60 Å². The molecule has 0 heterocycles. The Balaban J connectivity index is 2.17. The summed E-state index contributed by atoms with van der Waals surface area (Å²) in [5.41, 5.74) is 2.05. The Morgan fingerprint density at radius 3 is 2.24 bits per heavy atom. The van der Waals surface area contributed by atoms with Crippen molar-refractivity contribution in [1.82, 2.24) is 5.32 Å². The van der Waals surface area contributed by atoms with Gasteiger partial charge >= 0.3 is 0 Å². The zero-order valence-corrected chi connectivity index (χ0v) is 13.7. The molecule has 1 N–H and O–H groups in total. The van der Waals surface area contributed by atoms with E-state index in [9.17, 15) is 0 Å². The highest BCUT2D eigenvalue weighted by Crippen LogP contribution is 2.28. The second-order valence-corrected chi connectivity index (χ2v) is 6.88. The average molecular weight is 288 g/mol. The molecule has 1 aliphatic rings. The molecule has 1 aliphatic carbocycles. The lowest BCUT2D eigenvalue weighted by Crippen LogP contribution is -2.33. The largest absolute Gasteiger partial charge is 0.390 e. The molecule has 0 amide bonds. The van der Waals surface area contributed by atoms with E-state index in [0.29, 0.717) is 12.0 Å². The van der Waals surface area contributed by atoms with Gasteiger partial charge in [-0.05, 0) is 59.1 Å². The van der Waals surface area contributed by atoms with Gasteiger partial charge in [-0.2, -0.15) is 0 Å². The van der Waals surface area contributed by atoms with E-state index in [1.54, 1.807) is 0 Å². The van der Waals surface area contributed by atoms with Gasteiger partial charge in [-0.1, -0.05) is 35.5 Å². The summed E-state index contributed by atoms with van der Waals surface area (Å²) >= 11 is 0. The average Bonchev–Trinajstić information content (AvgIpc) is 2.48. The molecule has 2 rings (SSSR count). The van der Waals surface area contributed by atoms with Crippen LogP contribution in [-0.4, -0.2) is 24.4 Å². The molecule has 0 aliphatic heterocycles. The van der Waals surface area contributed by atoms with Crippen molar-refractivity contribution in [3.05, 3.63) is 35.9 Å². The van der Waals surface area contributed by atoms with Crippen LogP contribution in [0.25, 0.3) is 0 Å². The summed E-state index contributed by atoms with van der Waals surface area (Å²) in [5, 5.41) is 7.92. The van der Waals surface area contributed by atoms with E-state index >= 15 is 0 Å². The Labute approximate surface area is 128 Å². The topological polar surface area (TPSA) is 33.6 Å². The molecule has 1 saturated carbocycles. The lowest BCUT2D eigenvalue weighted by Gasteiger charge is -2.29. The predicted molar refractivity (Wildman–Crippen MR) is 88.6 cm³/mol. The lowest BCUT2D eigenvalue weighted by molar-refractivity contribution is -0.0000441. The van der Waals surface area contributed by atoms with Crippen molar-refractivity contribution in [1.29, 1.82) is 0 Å². The van der Waals surface area contributed by atoms with Crippen LogP contribution < -0.4 is 5.32 Å². The first-order chi connectivity index (χ1) is 9.99. The Bertz CT molecular complexity index is 454. The minimum atomic E-state index is -0.248. The molecule has 0 spiro atoms. The van der Waals surface area contributed by atoms with Gasteiger partial charge in [0.15, 0.2) is 0 Å². The summed E-state index contributed by atoms with van der Waals surface area (Å²) in [4.78, 5) is 5.72. The minimum Gasteiger partial charge on any atom is -0.390 e. The monoisotopic (exact) mass is 288 g/mol. The molecule has 0 saturated heterocycles. The van der Waals surface area contributed by atoms with Gasteiger partial charge in [0.05, 0.1) is 5.71 Å². The van der Waals surface area contributed by atoms with Crippen molar-refractivity contribution in [3.63, 3.8) is 0 Å². The molecule has 1 aromatic carbocycles. The Morgan fingerprint density at radius 1 is 1.10 bits per heavy atom. The molecular weight excluding hydrogens is 260 g/mol. The molecule has 0 radical (unpaired) electrons. The molecule has 1 fully saturated rings. The highest BCUT2D eigenvalue weighted by atomic mass is 16.6. The van der Waals surface area contributed by atoms with E-state index in [1.165, 1.54) is 31.2 Å². The fourth-order valence-corrected chi connectivity index (χ4v) is 2.81. The molecule has 21 heavy (non-hydrogen) atoms. The first-order valence-electron chi connectivity index (χ1n) is 7.98. The van der Waals surface area contributed by atoms with Gasteiger partial charge in [-0.3, -0.25) is 0 Å². The Kier molecular flexibility index (Phi) is 5.40. The summed E-state index contributed by atoms with van der Waals surface area (Å²) in [5.74, 6) is 0.499.